The van der Waals surface area contributed by atoms with Crippen LogP contribution in [0.15, 0.2) is 47.1 Å². The molecule has 1 N–H and O–H groups in total. The van der Waals surface area contributed by atoms with E-state index in [1.807, 2.05) is 4.90 Å². The highest BCUT2D eigenvalue weighted by Gasteiger charge is 2.25. The molecule has 1 aliphatic rings. The summed E-state index contributed by atoms with van der Waals surface area (Å²) >= 11 is 0. The smallest absolute Gasteiger partial charge is 0.289 e. The molecule has 0 unspecified atom stereocenters. The van der Waals surface area contributed by atoms with Gasteiger partial charge in [0, 0.05) is 45.0 Å². The van der Waals surface area contributed by atoms with Crippen molar-refractivity contribution in [3.8, 4) is 5.75 Å². The topological polar surface area (TPSA) is 95.3 Å². The van der Waals surface area contributed by atoms with Gasteiger partial charge in [0.05, 0.1) is 26.5 Å². The van der Waals surface area contributed by atoms with Gasteiger partial charge in [-0.2, -0.15) is 0 Å². The van der Waals surface area contributed by atoms with Crippen molar-refractivity contribution < 1.29 is 23.5 Å². The van der Waals surface area contributed by atoms with Crippen LogP contribution in [0.4, 0.5) is 5.69 Å². The lowest BCUT2D eigenvalue weighted by molar-refractivity contribution is -0.134. The Hall–Kier alpha value is -3.33. The molecule has 9 heteroatoms. The molecular weight excluding hydrogens is 388 g/mol. The number of methoxy groups -OCH3 is 1. The Labute approximate surface area is 175 Å². The summed E-state index contributed by atoms with van der Waals surface area (Å²) in [5.41, 5.74) is 0.609. The Balaban J connectivity index is 1.42. The molecule has 3 amide bonds. The Kier molecular flexibility index (Phi) is 7.08. The molecule has 3 rings (SSSR count). The molecule has 160 valence electrons. The molecule has 2 heterocycles. The first-order valence-corrected chi connectivity index (χ1v) is 9.69. The fourth-order valence-electron chi connectivity index (χ4n) is 3.18. The first-order chi connectivity index (χ1) is 14.5. The Morgan fingerprint density at radius 2 is 1.90 bits per heavy atom. The van der Waals surface area contributed by atoms with Crippen LogP contribution < -0.4 is 10.1 Å². The average Bonchev–Trinajstić information content (AvgIpc) is 3.28. The number of anilines is 1. The van der Waals surface area contributed by atoms with E-state index in [2.05, 4.69) is 5.32 Å². The van der Waals surface area contributed by atoms with Crippen LogP contribution in [-0.4, -0.2) is 85.8 Å². The van der Waals surface area contributed by atoms with Gasteiger partial charge in [0.15, 0.2) is 5.76 Å². The maximum Gasteiger partial charge on any atom is 0.289 e. The van der Waals surface area contributed by atoms with Crippen LogP contribution in [-0.2, 0) is 9.59 Å². The van der Waals surface area contributed by atoms with Crippen LogP contribution in [0, 0.1) is 0 Å². The monoisotopic (exact) mass is 414 g/mol. The molecule has 1 aromatic heterocycles. The van der Waals surface area contributed by atoms with Crippen molar-refractivity contribution in [1.82, 2.24) is 14.7 Å². The number of ether oxygens (including phenoxy) is 1. The summed E-state index contributed by atoms with van der Waals surface area (Å²) in [5.74, 6) is 0.384. The maximum absolute atomic E-state index is 12.5. The molecule has 0 bridgehead atoms. The molecule has 0 saturated carbocycles. The van der Waals surface area contributed by atoms with Crippen molar-refractivity contribution in [2.24, 2.45) is 0 Å². The number of nitrogens with one attached hydrogen (secondary N) is 1. The number of benzene rings is 1. The molecule has 1 aliphatic heterocycles. The van der Waals surface area contributed by atoms with Gasteiger partial charge in [-0.3, -0.25) is 19.3 Å². The second-order valence-electron chi connectivity index (χ2n) is 7.08. The number of hydrogen-bond donors (Lipinski definition) is 1. The first kappa shape index (κ1) is 21.4. The third kappa shape index (κ3) is 5.60. The van der Waals surface area contributed by atoms with Gasteiger partial charge >= 0.3 is 0 Å². The van der Waals surface area contributed by atoms with E-state index >= 15 is 0 Å². The van der Waals surface area contributed by atoms with Gasteiger partial charge in [0.1, 0.15) is 5.75 Å². The second-order valence-corrected chi connectivity index (χ2v) is 7.08. The summed E-state index contributed by atoms with van der Waals surface area (Å²) in [6, 6.07) is 10.4. The fraction of sp³-hybridized carbons (Fsp3) is 0.381. The van der Waals surface area contributed by atoms with Crippen LogP contribution >= 0.6 is 0 Å². The minimum atomic E-state index is -0.284. The third-order valence-corrected chi connectivity index (χ3v) is 4.91. The van der Waals surface area contributed by atoms with Crippen molar-refractivity contribution in [1.29, 1.82) is 0 Å². The number of rotatable bonds is 7. The van der Waals surface area contributed by atoms with Gasteiger partial charge in [-0.25, -0.2) is 0 Å². The molecule has 1 saturated heterocycles. The second kappa shape index (κ2) is 9.93. The van der Waals surface area contributed by atoms with E-state index in [1.165, 1.54) is 11.2 Å². The lowest BCUT2D eigenvalue weighted by Gasteiger charge is -2.34. The van der Waals surface area contributed by atoms with E-state index in [0.29, 0.717) is 43.4 Å². The predicted octanol–water partition coefficient (Wildman–Crippen LogP) is 1.14. The zero-order valence-corrected chi connectivity index (χ0v) is 17.2. The van der Waals surface area contributed by atoms with Gasteiger partial charge < -0.3 is 24.3 Å². The van der Waals surface area contributed by atoms with Crippen LogP contribution in [0.2, 0.25) is 0 Å². The van der Waals surface area contributed by atoms with Crippen molar-refractivity contribution >= 4 is 23.4 Å². The van der Waals surface area contributed by atoms with Crippen molar-refractivity contribution in [2.75, 3.05) is 58.7 Å². The summed E-state index contributed by atoms with van der Waals surface area (Å²) in [4.78, 5) is 42.1. The largest absolute Gasteiger partial charge is 0.497 e. The zero-order valence-electron chi connectivity index (χ0n) is 17.2. The number of nitrogens with zero attached hydrogens (tertiary/aromatic N) is 3. The Morgan fingerprint density at radius 1 is 1.13 bits per heavy atom. The molecule has 1 fully saturated rings. The van der Waals surface area contributed by atoms with E-state index in [1.54, 1.807) is 55.5 Å². The minimum Gasteiger partial charge on any atom is -0.497 e. The number of hydrogen-bond acceptors (Lipinski definition) is 6. The van der Waals surface area contributed by atoms with Crippen LogP contribution in [0.3, 0.4) is 0 Å². The molecule has 30 heavy (non-hydrogen) atoms. The van der Waals surface area contributed by atoms with E-state index in [0.717, 1.165) is 0 Å². The maximum atomic E-state index is 12.5. The van der Waals surface area contributed by atoms with E-state index in [-0.39, 0.29) is 30.8 Å². The van der Waals surface area contributed by atoms with Gasteiger partial charge in [-0.1, -0.05) is 6.07 Å². The fourth-order valence-corrected chi connectivity index (χ4v) is 3.18. The molecule has 9 nitrogen and oxygen atoms in total. The Morgan fingerprint density at radius 3 is 2.57 bits per heavy atom. The number of likely N-dealkylation sites (N-methyl/N-ethyl adjacent to an activating group) is 1. The number of carbonyl (C=O) groups excluding carboxylic acids is 3. The molecule has 0 spiro atoms. The van der Waals surface area contributed by atoms with E-state index < -0.39 is 0 Å². The predicted molar refractivity (Wildman–Crippen MR) is 110 cm³/mol. The van der Waals surface area contributed by atoms with Crippen molar-refractivity contribution in [3.63, 3.8) is 0 Å². The first-order valence-electron chi connectivity index (χ1n) is 9.69. The van der Waals surface area contributed by atoms with Gasteiger partial charge in [0.25, 0.3) is 5.91 Å². The summed E-state index contributed by atoms with van der Waals surface area (Å²) in [7, 11) is 3.16. The highest BCUT2D eigenvalue weighted by Crippen LogP contribution is 2.16. The molecule has 2 aromatic rings. The van der Waals surface area contributed by atoms with Gasteiger partial charge in [0.2, 0.25) is 11.8 Å². The molecule has 0 radical (unpaired) electrons. The number of furan rings is 1. The summed E-state index contributed by atoms with van der Waals surface area (Å²) in [6.45, 7) is 2.36. The molecule has 1 aromatic carbocycles. The highest BCUT2D eigenvalue weighted by atomic mass is 16.5. The van der Waals surface area contributed by atoms with Crippen LogP contribution in [0.5, 0.6) is 5.75 Å². The van der Waals surface area contributed by atoms with E-state index in [4.69, 9.17) is 9.15 Å². The standard InChI is InChI=1S/C21H26N4O5/c1-23(14-19(26)22-16-5-3-6-17(13-16)29-2)20(27)15-24-8-10-25(11-9-24)21(28)18-7-4-12-30-18/h3-7,12-13H,8-11,14-15H2,1-2H3,(H,22,26). The summed E-state index contributed by atoms with van der Waals surface area (Å²) < 4.78 is 10.3. The summed E-state index contributed by atoms with van der Waals surface area (Å²) in [5, 5.41) is 2.76. The SMILES string of the molecule is COc1cccc(NC(=O)CN(C)C(=O)CN2CCN(C(=O)c3ccco3)CC2)c1. The zero-order chi connectivity index (χ0) is 21.5. The van der Waals surface area contributed by atoms with Gasteiger partial charge in [-0.05, 0) is 24.3 Å². The molecule has 0 aliphatic carbocycles. The van der Waals surface area contributed by atoms with Crippen molar-refractivity contribution in [2.45, 2.75) is 0 Å². The number of piperazine rings is 1. The highest BCUT2D eigenvalue weighted by molar-refractivity contribution is 5.95. The van der Waals surface area contributed by atoms with Crippen LogP contribution in [0.1, 0.15) is 10.6 Å². The van der Waals surface area contributed by atoms with Gasteiger partial charge in [-0.15, -0.1) is 0 Å². The number of carbonyl (C=O) groups is 3. The van der Waals surface area contributed by atoms with E-state index in [9.17, 15) is 14.4 Å². The quantitative estimate of drug-likeness (QED) is 0.730. The summed E-state index contributed by atoms with van der Waals surface area (Å²) in [6.07, 6.45) is 1.47. The molecule has 0 atom stereocenters. The molecular formula is C21H26N4O5. The minimum absolute atomic E-state index is 0.0486. The van der Waals surface area contributed by atoms with Crippen molar-refractivity contribution in [3.05, 3.63) is 48.4 Å². The number of amides is 3. The lowest BCUT2D eigenvalue weighted by atomic mass is 10.2. The lowest BCUT2D eigenvalue weighted by Crippen LogP contribution is -2.51. The average molecular weight is 414 g/mol. The third-order valence-electron chi connectivity index (χ3n) is 4.91. The normalized spacial score (nSPS) is 14.3. The Bertz CT molecular complexity index is 875. The van der Waals surface area contributed by atoms with Crippen LogP contribution in [0.25, 0.3) is 0 Å².